The van der Waals surface area contributed by atoms with Crippen LogP contribution in [0, 0.1) is 0 Å². The van der Waals surface area contributed by atoms with Crippen molar-refractivity contribution < 1.29 is 9.47 Å². The summed E-state index contributed by atoms with van der Waals surface area (Å²) in [4.78, 5) is 0. The molecule has 1 saturated carbocycles. The monoisotopic (exact) mass is 276 g/mol. The molecule has 0 bridgehead atoms. The first-order chi connectivity index (χ1) is 7.35. The minimum Gasteiger partial charge on any atom is -0.376 e. The van der Waals surface area contributed by atoms with E-state index in [0.29, 0.717) is 6.10 Å². The number of halogens is 1. The molecule has 88 valence electrons. The molecular weight excluding hydrogens is 256 g/mol. The van der Waals surface area contributed by atoms with Crippen molar-refractivity contribution in [2.24, 2.45) is 0 Å². The van der Waals surface area contributed by atoms with Crippen LogP contribution in [-0.4, -0.2) is 30.2 Å². The average molecular weight is 277 g/mol. The summed E-state index contributed by atoms with van der Waals surface area (Å²) in [6.07, 6.45) is 9.18. The van der Waals surface area contributed by atoms with Crippen molar-refractivity contribution in [3.63, 3.8) is 0 Å². The number of rotatable bonds is 4. The van der Waals surface area contributed by atoms with Gasteiger partial charge in [-0.3, -0.25) is 0 Å². The third-order valence-electron chi connectivity index (χ3n) is 3.61. The van der Waals surface area contributed by atoms with E-state index in [4.69, 9.17) is 9.47 Å². The van der Waals surface area contributed by atoms with Crippen molar-refractivity contribution >= 4 is 15.9 Å². The lowest BCUT2D eigenvalue weighted by atomic mass is 9.86. The maximum absolute atomic E-state index is 6.13. The quantitative estimate of drug-likeness (QED) is 0.734. The zero-order chi connectivity index (χ0) is 10.6. The summed E-state index contributed by atoms with van der Waals surface area (Å²) in [6.45, 7) is 1.72. The van der Waals surface area contributed by atoms with Gasteiger partial charge in [0.2, 0.25) is 0 Å². The van der Waals surface area contributed by atoms with Crippen molar-refractivity contribution in [2.75, 3.05) is 18.5 Å². The highest BCUT2D eigenvalue weighted by Crippen LogP contribution is 2.33. The molecule has 0 radical (unpaired) electrons. The van der Waals surface area contributed by atoms with Crippen LogP contribution in [0.5, 0.6) is 0 Å². The Bertz CT molecular complexity index is 184. The minimum atomic E-state index is 0.115. The molecule has 3 heteroatoms. The van der Waals surface area contributed by atoms with E-state index in [1.54, 1.807) is 0 Å². The van der Waals surface area contributed by atoms with E-state index in [0.717, 1.165) is 18.5 Å². The molecule has 0 N–H and O–H groups in total. The molecule has 2 fully saturated rings. The first kappa shape index (κ1) is 11.9. The summed E-state index contributed by atoms with van der Waals surface area (Å²) >= 11 is 3.61. The van der Waals surface area contributed by atoms with Gasteiger partial charge >= 0.3 is 0 Å². The fourth-order valence-electron chi connectivity index (χ4n) is 2.56. The fraction of sp³-hybridized carbons (Fsp3) is 1.00. The van der Waals surface area contributed by atoms with Crippen molar-refractivity contribution in [3.05, 3.63) is 0 Å². The van der Waals surface area contributed by atoms with Crippen LogP contribution in [0.3, 0.4) is 0 Å². The Morgan fingerprint density at radius 2 is 2.00 bits per heavy atom. The zero-order valence-corrected chi connectivity index (χ0v) is 10.9. The molecular formula is C12H21BrO2. The molecule has 1 aliphatic carbocycles. The molecule has 0 aromatic rings. The molecule has 2 aliphatic rings. The smallest absolute Gasteiger partial charge is 0.0809 e. The Morgan fingerprint density at radius 1 is 1.20 bits per heavy atom. The van der Waals surface area contributed by atoms with Gasteiger partial charge < -0.3 is 9.47 Å². The van der Waals surface area contributed by atoms with Crippen LogP contribution in [0.4, 0.5) is 0 Å². The Balaban J connectivity index is 1.78. The predicted octanol–water partition coefficient (Wildman–Crippen LogP) is 3.28. The summed E-state index contributed by atoms with van der Waals surface area (Å²) in [7, 11) is 0. The number of alkyl halides is 1. The first-order valence-corrected chi connectivity index (χ1v) is 7.28. The normalized spacial score (nSPS) is 30.6. The summed E-state index contributed by atoms with van der Waals surface area (Å²) in [5.74, 6) is 0. The lowest BCUT2D eigenvalue weighted by molar-refractivity contribution is -0.0876. The summed E-state index contributed by atoms with van der Waals surface area (Å²) in [5, 5.41) is 0.979. The molecule has 1 saturated heterocycles. The molecule has 0 spiro atoms. The van der Waals surface area contributed by atoms with Gasteiger partial charge in [0.15, 0.2) is 0 Å². The molecule has 0 aromatic heterocycles. The Morgan fingerprint density at radius 3 is 2.60 bits per heavy atom. The predicted molar refractivity (Wildman–Crippen MR) is 64.5 cm³/mol. The summed E-state index contributed by atoms with van der Waals surface area (Å²) in [5.41, 5.74) is 0.115. The van der Waals surface area contributed by atoms with Crippen LogP contribution in [0.25, 0.3) is 0 Å². The van der Waals surface area contributed by atoms with Crippen LogP contribution in [0.15, 0.2) is 0 Å². The van der Waals surface area contributed by atoms with Gasteiger partial charge in [0.1, 0.15) is 0 Å². The van der Waals surface area contributed by atoms with E-state index in [1.807, 2.05) is 0 Å². The lowest BCUT2D eigenvalue weighted by Gasteiger charge is -2.36. The van der Waals surface area contributed by atoms with Gasteiger partial charge in [0.25, 0.3) is 0 Å². The Kier molecular flexibility index (Phi) is 4.47. The molecule has 2 rings (SSSR count). The van der Waals surface area contributed by atoms with Gasteiger partial charge in [-0.25, -0.2) is 0 Å². The van der Waals surface area contributed by atoms with Gasteiger partial charge in [-0.2, -0.15) is 0 Å². The molecule has 1 heterocycles. The van der Waals surface area contributed by atoms with E-state index in [-0.39, 0.29) is 5.60 Å². The van der Waals surface area contributed by atoms with Gasteiger partial charge in [0, 0.05) is 11.9 Å². The number of hydrogen-bond acceptors (Lipinski definition) is 2. The maximum atomic E-state index is 6.13. The highest BCUT2D eigenvalue weighted by atomic mass is 79.9. The van der Waals surface area contributed by atoms with E-state index < -0.39 is 0 Å². The highest BCUT2D eigenvalue weighted by molar-refractivity contribution is 9.09. The second kappa shape index (κ2) is 5.65. The first-order valence-electron chi connectivity index (χ1n) is 6.16. The van der Waals surface area contributed by atoms with Crippen LogP contribution in [-0.2, 0) is 9.47 Å². The van der Waals surface area contributed by atoms with E-state index >= 15 is 0 Å². The third-order valence-corrected chi connectivity index (χ3v) is 4.63. The van der Waals surface area contributed by atoms with Gasteiger partial charge in [-0.15, -0.1) is 0 Å². The van der Waals surface area contributed by atoms with Crippen LogP contribution in [0.1, 0.15) is 44.9 Å². The zero-order valence-electron chi connectivity index (χ0n) is 9.34. The van der Waals surface area contributed by atoms with Crippen molar-refractivity contribution in [3.8, 4) is 0 Å². The second-order valence-corrected chi connectivity index (χ2v) is 5.38. The standard InChI is InChI=1S/C12H21BrO2/c13-10-12(6-2-1-3-7-12)15-9-11-5-4-8-14-11/h11H,1-10H2. The molecule has 1 atom stereocenters. The second-order valence-electron chi connectivity index (χ2n) is 4.82. The highest BCUT2D eigenvalue weighted by Gasteiger charge is 2.33. The molecule has 0 aromatic carbocycles. The van der Waals surface area contributed by atoms with Crippen molar-refractivity contribution in [2.45, 2.75) is 56.7 Å². The topological polar surface area (TPSA) is 18.5 Å². The largest absolute Gasteiger partial charge is 0.376 e. The summed E-state index contributed by atoms with van der Waals surface area (Å²) < 4.78 is 11.7. The fourth-order valence-corrected chi connectivity index (χ4v) is 3.28. The SMILES string of the molecule is BrCC1(OCC2CCCO2)CCCCC1. The van der Waals surface area contributed by atoms with Gasteiger partial charge in [0.05, 0.1) is 18.3 Å². The maximum Gasteiger partial charge on any atom is 0.0809 e. The van der Waals surface area contributed by atoms with E-state index in [2.05, 4.69) is 15.9 Å². The van der Waals surface area contributed by atoms with Crippen molar-refractivity contribution in [1.82, 2.24) is 0 Å². The Labute approximate surface area is 101 Å². The molecule has 2 nitrogen and oxygen atoms in total. The molecule has 15 heavy (non-hydrogen) atoms. The number of hydrogen-bond donors (Lipinski definition) is 0. The van der Waals surface area contributed by atoms with E-state index in [9.17, 15) is 0 Å². The lowest BCUT2D eigenvalue weighted by Crippen LogP contribution is -2.39. The van der Waals surface area contributed by atoms with Crippen LogP contribution >= 0.6 is 15.9 Å². The minimum absolute atomic E-state index is 0.115. The van der Waals surface area contributed by atoms with Crippen LogP contribution in [0.2, 0.25) is 0 Å². The van der Waals surface area contributed by atoms with Crippen molar-refractivity contribution in [1.29, 1.82) is 0 Å². The van der Waals surface area contributed by atoms with Crippen LogP contribution < -0.4 is 0 Å². The summed E-state index contributed by atoms with van der Waals surface area (Å²) in [6, 6.07) is 0. The van der Waals surface area contributed by atoms with E-state index in [1.165, 1.54) is 44.9 Å². The average Bonchev–Trinajstić information content (AvgIpc) is 2.81. The molecule has 1 unspecified atom stereocenters. The third kappa shape index (κ3) is 3.18. The Hall–Kier alpha value is 0.400. The number of ether oxygens (including phenoxy) is 2. The van der Waals surface area contributed by atoms with Gasteiger partial charge in [-0.1, -0.05) is 35.2 Å². The molecule has 1 aliphatic heterocycles. The molecule has 0 amide bonds. The van der Waals surface area contributed by atoms with Gasteiger partial charge in [-0.05, 0) is 25.7 Å².